The molecule has 0 radical (unpaired) electrons. The Morgan fingerprint density at radius 3 is 2.35 bits per heavy atom. The lowest BCUT2D eigenvalue weighted by Crippen LogP contribution is -2.45. The van der Waals surface area contributed by atoms with Gasteiger partial charge in [-0.25, -0.2) is 0 Å². The molecule has 2 heterocycles. The monoisotopic (exact) mass is 274 g/mol. The van der Waals surface area contributed by atoms with E-state index in [9.17, 15) is 4.79 Å². The van der Waals surface area contributed by atoms with Gasteiger partial charge in [-0.3, -0.25) is 4.79 Å². The van der Waals surface area contributed by atoms with E-state index in [4.69, 9.17) is 5.73 Å². The van der Waals surface area contributed by atoms with Crippen molar-refractivity contribution in [2.45, 2.75) is 12.5 Å². The van der Waals surface area contributed by atoms with Crippen LogP contribution in [0.25, 0.3) is 0 Å². The van der Waals surface area contributed by atoms with Crippen LogP contribution in [-0.4, -0.2) is 56.6 Å². The summed E-state index contributed by atoms with van der Waals surface area (Å²) in [5.41, 5.74) is 8.08. The molecule has 108 valence electrons. The van der Waals surface area contributed by atoms with Gasteiger partial charge in [0.1, 0.15) is 0 Å². The summed E-state index contributed by atoms with van der Waals surface area (Å²) >= 11 is 0. The first-order valence-corrected chi connectivity index (χ1v) is 7.23. The molecule has 1 aromatic rings. The Kier molecular flexibility index (Phi) is 3.63. The summed E-state index contributed by atoms with van der Waals surface area (Å²) in [7, 11) is 2.15. The number of amides is 1. The lowest BCUT2D eigenvalue weighted by atomic mass is 10.2. The molecule has 0 saturated carbocycles. The third-order valence-electron chi connectivity index (χ3n) is 4.17. The molecule has 20 heavy (non-hydrogen) atoms. The largest absolute Gasteiger partial charge is 0.367 e. The summed E-state index contributed by atoms with van der Waals surface area (Å²) in [4.78, 5) is 18.6. The van der Waals surface area contributed by atoms with Gasteiger partial charge in [-0.1, -0.05) is 12.1 Å². The van der Waals surface area contributed by atoms with Gasteiger partial charge in [0.05, 0.1) is 11.4 Å². The number of carbonyl (C=O) groups excluding carboxylic acids is 1. The molecule has 0 aromatic heterocycles. The number of nitrogens with two attached hydrogens (primary N) is 1. The number of hydrogen-bond acceptors (Lipinski definition) is 4. The molecule has 2 aliphatic heterocycles. The number of likely N-dealkylation sites (N-methyl/N-ethyl adjacent to an activating group) is 1. The zero-order chi connectivity index (χ0) is 14.1. The third-order valence-corrected chi connectivity index (χ3v) is 4.17. The topological polar surface area (TPSA) is 52.8 Å². The van der Waals surface area contributed by atoms with Crippen LogP contribution in [0.15, 0.2) is 24.3 Å². The number of rotatable bonds is 2. The molecule has 1 unspecified atom stereocenters. The Balaban J connectivity index is 1.87. The highest BCUT2D eigenvalue weighted by atomic mass is 16.2. The van der Waals surface area contributed by atoms with E-state index in [-0.39, 0.29) is 11.9 Å². The first kappa shape index (κ1) is 13.4. The molecule has 0 spiro atoms. The van der Waals surface area contributed by atoms with Crippen molar-refractivity contribution in [1.29, 1.82) is 0 Å². The first-order chi connectivity index (χ1) is 9.65. The molecule has 5 nitrogen and oxygen atoms in total. The van der Waals surface area contributed by atoms with Gasteiger partial charge in [0.25, 0.3) is 0 Å². The number of carbonyl (C=O) groups is 1. The minimum atomic E-state index is -0.0388. The fourth-order valence-corrected chi connectivity index (χ4v) is 2.98. The molecular formula is C15H22N4O. The van der Waals surface area contributed by atoms with Gasteiger partial charge in [-0.05, 0) is 19.2 Å². The Morgan fingerprint density at radius 2 is 1.75 bits per heavy atom. The summed E-state index contributed by atoms with van der Waals surface area (Å²) in [6.07, 6.45) is 0.455. The van der Waals surface area contributed by atoms with E-state index in [2.05, 4.69) is 22.9 Å². The number of para-hydroxylation sites is 2. The first-order valence-electron chi connectivity index (χ1n) is 7.23. The standard InChI is InChI=1S/C15H22N4O/c1-17-6-8-18(9-7-17)13-4-2-3-5-14(13)19-11-12(16)10-15(19)20/h2-5,12H,6-11,16H2,1H3. The van der Waals surface area contributed by atoms with Crippen molar-refractivity contribution in [2.24, 2.45) is 5.73 Å². The van der Waals surface area contributed by atoms with Crippen molar-refractivity contribution < 1.29 is 4.79 Å². The maximum Gasteiger partial charge on any atom is 0.228 e. The Labute approximate surface area is 119 Å². The van der Waals surface area contributed by atoms with Crippen LogP contribution in [0.3, 0.4) is 0 Å². The van der Waals surface area contributed by atoms with Crippen molar-refractivity contribution in [3.8, 4) is 0 Å². The van der Waals surface area contributed by atoms with E-state index in [0.29, 0.717) is 13.0 Å². The van der Waals surface area contributed by atoms with Crippen molar-refractivity contribution in [1.82, 2.24) is 4.90 Å². The molecule has 3 rings (SSSR count). The molecule has 1 aromatic carbocycles. The number of benzene rings is 1. The van der Waals surface area contributed by atoms with Gasteiger partial charge in [0, 0.05) is 45.2 Å². The van der Waals surface area contributed by atoms with Crippen molar-refractivity contribution in [3.05, 3.63) is 24.3 Å². The maximum absolute atomic E-state index is 12.1. The van der Waals surface area contributed by atoms with Crippen LogP contribution in [0, 0.1) is 0 Å². The van der Waals surface area contributed by atoms with Crippen LogP contribution in [-0.2, 0) is 4.79 Å². The van der Waals surface area contributed by atoms with Crippen LogP contribution in [0.5, 0.6) is 0 Å². The highest BCUT2D eigenvalue weighted by molar-refractivity contribution is 5.99. The molecule has 0 bridgehead atoms. The van der Waals surface area contributed by atoms with Crippen molar-refractivity contribution in [3.63, 3.8) is 0 Å². The quantitative estimate of drug-likeness (QED) is 0.853. The summed E-state index contributed by atoms with van der Waals surface area (Å²) in [5, 5.41) is 0. The van der Waals surface area contributed by atoms with Gasteiger partial charge in [-0.15, -0.1) is 0 Å². The average molecular weight is 274 g/mol. The van der Waals surface area contributed by atoms with Crippen molar-refractivity contribution >= 4 is 17.3 Å². The zero-order valence-corrected chi connectivity index (χ0v) is 12.0. The van der Waals surface area contributed by atoms with E-state index >= 15 is 0 Å². The summed E-state index contributed by atoms with van der Waals surface area (Å²) in [6.45, 7) is 4.75. The second-order valence-electron chi connectivity index (χ2n) is 5.75. The van der Waals surface area contributed by atoms with Crippen LogP contribution in [0.4, 0.5) is 11.4 Å². The average Bonchev–Trinajstić information content (AvgIpc) is 2.78. The minimum Gasteiger partial charge on any atom is -0.367 e. The van der Waals surface area contributed by atoms with Crippen LogP contribution in [0.1, 0.15) is 6.42 Å². The molecule has 2 aliphatic rings. The normalized spacial score (nSPS) is 24.5. The van der Waals surface area contributed by atoms with E-state index in [1.807, 2.05) is 23.1 Å². The summed E-state index contributed by atoms with van der Waals surface area (Å²) < 4.78 is 0. The molecule has 5 heteroatoms. The number of hydrogen-bond donors (Lipinski definition) is 1. The van der Waals surface area contributed by atoms with Gasteiger partial charge in [0.15, 0.2) is 0 Å². The lowest BCUT2D eigenvalue weighted by Gasteiger charge is -2.36. The van der Waals surface area contributed by atoms with Crippen LogP contribution in [0.2, 0.25) is 0 Å². The van der Waals surface area contributed by atoms with E-state index in [0.717, 1.165) is 37.6 Å². The van der Waals surface area contributed by atoms with E-state index in [1.54, 1.807) is 0 Å². The SMILES string of the molecule is CN1CCN(c2ccccc2N2CC(N)CC2=O)CC1. The number of anilines is 2. The van der Waals surface area contributed by atoms with E-state index < -0.39 is 0 Å². The maximum atomic E-state index is 12.1. The van der Waals surface area contributed by atoms with Crippen LogP contribution >= 0.6 is 0 Å². The molecule has 2 saturated heterocycles. The molecule has 1 atom stereocenters. The smallest absolute Gasteiger partial charge is 0.228 e. The van der Waals surface area contributed by atoms with Gasteiger partial charge in [0.2, 0.25) is 5.91 Å². The Morgan fingerprint density at radius 1 is 1.10 bits per heavy atom. The van der Waals surface area contributed by atoms with Crippen molar-refractivity contribution in [2.75, 3.05) is 49.6 Å². The van der Waals surface area contributed by atoms with E-state index in [1.165, 1.54) is 0 Å². The zero-order valence-electron chi connectivity index (χ0n) is 12.0. The second-order valence-corrected chi connectivity index (χ2v) is 5.75. The highest BCUT2D eigenvalue weighted by Gasteiger charge is 2.30. The third kappa shape index (κ3) is 2.51. The molecule has 1 amide bonds. The summed E-state index contributed by atoms with van der Waals surface area (Å²) in [6, 6.07) is 8.13. The molecule has 0 aliphatic carbocycles. The predicted octanol–water partition coefficient (Wildman–Crippen LogP) is 0.502. The Hall–Kier alpha value is -1.59. The number of piperazine rings is 1. The molecule has 2 N–H and O–H groups in total. The molecular weight excluding hydrogens is 252 g/mol. The van der Waals surface area contributed by atoms with Gasteiger partial charge >= 0.3 is 0 Å². The summed E-state index contributed by atoms with van der Waals surface area (Å²) in [5.74, 6) is 0.138. The fourth-order valence-electron chi connectivity index (χ4n) is 2.98. The minimum absolute atomic E-state index is 0.0388. The number of nitrogens with zero attached hydrogens (tertiary/aromatic N) is 3. The fraction of sp³-hybridized carbons (Fsp3) is 0.533. The van der Waals surface area contributed by atoms with Crippen LogP contribution < -0.4 is 15.5 Å². The van der Waals surface area contributed by atoms with Gasteiger partial charge < -0.3 is 20.4 Å². The highest BCUT2D eigenvalue weighted by Crippen LogP contribution is 2.32. The van der Waals surface area contributed by atoms with Gasteiger partial charge in [-0.2, -0.15) is 0 Å². The Bertz CT molecular complexity index is 496. The second kappa shape index (κ2) is 5.42. The molecule has 2 fully saturated rings. The predicted molar refractivity (Wildman–Crippen MR) is 81.1 cm³/mol. The lowest BCUT2D eigenvalue weighted by molar-refractivity contribution is -0.117.